The highest BCUT2D eigenvalue weighted by Crippen LogP contribution is 2.46. The molecule has 3 rings (SSSR count). The average molecular weight is 349 g/mol. The molecule has 1 aromatic heterocycles. The number of halogens is 3. The smallest absolute Gasteiger partial charge is 0.144 e. The highest BCUT2D eigenvalue weighted by Gasteiger charge is 2.32. The Balaban J connectivity index is 2.24. The van der Waals surface area contributed by atoms with E-state index in [-0.39, 0.29) is 5.92 Å². The Morgan fingerprint density at radius 2 is 2.06 bits per heavy atom. The Hall–Kier alpha value is -0.510. The van der Waals surface area contributed by atoms with Gasteiger partial charge in [0, 0.05) is 25.1 Å². The van der Waals surface area contributed by atoms with E-state index in [1.807, 2.05) is 0 Å². The summed E-state index contributed by atoms with van der Waals surface area (Å²) in [5.74, 6) is 0.818. The lowest BCUT2D eigenvalue weighted by molar-refractivity contribution is 0.385. The van der Waals surface area contributed by atoms with Crippen molar-refractivity contribution in [1.29, 1.82) is 0 Å². The maximum atomic E-state index is 7.98. The zero-order valence-electron chi connectivity index (χ0n) is 11.2. The van der Waals surface area contributed by atoms with Gasteiger partial charge < -0.3 is 4.52 Å². The standard InChI is InChI=1S/C13H10BrCl2NO/c14-6-8-12(17-18-13(8)7-4-5-7)11-9(15)2-1-3-10(11)16/h1-3,7H,4-6H2/i6D2. The summed E-state index contributed by atoms with van der Waals surface area (Å²) in [7, 11) is 0. The van der Waals surface area contributed by atoms with E-state index in [1.54, 1.807) is 18.2 Å². The topological polar surface area (TPSA) is 26.0 Å². The molecule has 0 saturated heterocycles. The van der Waals surface area contributed by atoms with Crippen molar-refractivity contribution in [2.75, 3.05) is 0 Å². The van der Waals surface area contributed by atoms with Crippen molar-refractivity contribution in [1.82, 2.24) is 5.16 Å². The van der Waals surface area contributed by atoms with Crippen LogP contribution in [0.2, 0.25) is 10.0 Å². The van der Waals surface area contributed by atoms with Gasteiger partial charge in [-0.1, -0.05) is 50.4 Å². The van der Waals surface area contributed by atoms with E-state index in [0.717, 1.165) is 12.8 Å². The monoisotopic (exact) mass is 347 g/mol. The first-order chi connectivity index (χ1) is 9.39. The van der Waals surface area contributed by atoms with Crippen molar-refractivity contribution in [2.45, 2.75) is 24.0 Å². The van der Waals surface area contributed by atoms with Crippen molar-refractivity contribution in [2.24, 2.45) is 0 Å². The molecular formula is C13H10BrCl2NO. The van der Waals surface area contributed by atoms with Gasteiger partial charge in [-0.2, -0.15) is 0 Å². The summed E-state index contributed by atoms with van der Waals surface area (Å²) in [6.45, 7) is 0. The van der Waals surface area contributed by atoms with Crippen LogP contribution in [0.4, 0.5) is 0 Å². The maximum absolute atomic E-state index is 7.98. The Labute approximate surface area is 126 Å². The van der Waals surface area contributed by atoms with Crippen LogP contribution in [0.15, 0.2) is 22.7 Å². The fourth-order valence-electron chi connectivity index (χ4n) is 1.91. The maximum Gasteiger partial charge on any atom is 0.144 e. The van der Waals surface area contributed by atoms with Crippen molar-refractivity contribution in [3.63, 3.8) is 0 Å². The van der Waals surface area contributed by atoms with E-state index in [2.05, 4.69) is 21.1 Å². The van der Waals surface area contributed by atoms with Crippen LogP contribution in [0, 0.1) is 0 Å². The number of aromatic nitrogens is 1. The number of alkyl halides is 1. The summed E-state index contributed by atoms with van der Waals surface area (Å²) in [5, 5.41) is 3.12. The van der Waals surface area contributed by atoms with Gasteiger partial charge in [0.25, 0.3) is 0 Å². The van der Waals surface area contributed by atoms with Crippen LogP contribution < -0.4 is 0 Å². The number of rotatable bonds is 3. The van der Waals surface area contributed by atoms with Gasteiger partial charge in [-0.15, -0.1) is 0 Å². The average Bonchev–Trinajstić information content (AvgIpc) is 3.08. The first-order valence-electron chi connectivity index (χ1n) is 6.53. The molecule has 1 aromatic carbocycles. The summed E-state index contributed by atoms with van der Waals surface area (Å²) in [6.07, 6.45) is 1.97. The second kappa shape index (κ2) is 4.87. The van der Waals surface area contributed by atoms with Crippen LogP contribution in [0.5, 0.6) is 0 Å². The largest absolute Gasteiger partial charge is 0.360 e. The van der Waals surface area contributed by atoms with Crippen LogP contribution in [0.3, 0.4) is 0 Å². The summed E-state index contributed by atoms with van der Waals surface area (Å²) < 4.78 is 21.3. The van der Waals surface area contributed by atoms with Crippen LogP contribution >= 0.6 is 39.1 Å². The van der Waals surface area contributed by atoms with Crippen molar-refractivity contribution < 1.29 is 7.26 Å². The Morgan fingerprint density at radius 1 is 1.39 bits per heavy atom. The molecule has 0 spiro atoms. The van der Waals surface area contributed by atoms with Crippen molar-refractivity contribution in [3.05, 3.63) is 39.6 Å². The Bertz CT molecular complexity index is 645. The first-order valence-corrected chi connectivity index (χ1v) is 7.08. The zero-order chi connectivity index (χ0) is 14.5. The number of nitrogens with zero attached hydrogens (tertiary/aromatic N) is 1. The van der Waals surface area contributed by atoms with Gasteiger partial charge in [0.2, 0.25) is 0 Å². The minimum Gasteiger partial charge on any atom is -0.360 e. The van der Waals surface area contributed by atoms with Gasteiger partial charge in [-0.05, 0) is 25.0 Å². The molecule has 0 N–H and O–H groups in total. The van der Waals surface area contributed by atoms with Crippen LogP contribution in [0.25, 0.3) is 11.3 Å². The van der Waals surface area contributed by atoms with Gasteiger partial charge in [0.1, 0.15) is 11.5 Å². The van der Waals surface area contributed by atoms with Crippen LogP contribution in [0.1, 0.15) is 32.8 Å². The molecule has 2 aromatic rings. The van der Waals surface area contributed by atoms with Crippen LogP contribution in [-0.4, -0.2) is 5.16 Å². The van der Waals surface area contributed by atoms with Gasteiger partial charge in [0.15, 0.2) is 0 Å². The highest BCUT2D eigenvalue weighted by molar-refractivity contribution is 9.08. The summed E-state index contributed by atoms with van der Waals surface area (Å²) >= 11 is 15.4. The van der Waals surface area contributed by atoms with Gasteiger partial charge >= 0.3 is 0 Å². The summed E-state index contributed by atoms with van der Waals surface area (Å²) in [4.78, 5) is 0. The normalized spacial score (nSPS) is 17.5. The van der Waals surface area contributed by atoms with Gasteiger partial charge in [0.05, 0.1) is 10.0 Å². The molecule has 0 unspecified atom stereocenters. The fourth-order valence-corrected chi connectivity index (χ4v) is 2.87. The summed E-state index contributed by atoms with van der Waals surface area (Å²) in [5.41, 5.74) is 1.25. The second-order valence-electron chi connectivity index (χ2n) is 4.24. The number of hydrogen-bond donors (Lipinski definition) is 0. The van der Waals surface area contributed by atoms with E-state index >= 15 is 0 Å². The lowest BCUT2D eigenvalue weighted by atomic mass is 10.1. The van der Waals surface area contributed by atoms with E-state index in [4.69, 9.17) is 30.5 Å². The third-order valence-corrected chi connectivity index (χ3v) is 3.99. The predicted octanol–water partition coefficient (Wildman–Crippen LogP) is 5.42. The number of hydrogen-bond acceptors (Lipinski definition) is 2. The minimum absolute atomic E-state index is 0.236. The lowest BCUT2D eigenvalue weighted by Crippen LogP contribution is -1.88. The molecule has 18 heavy (non-hydrogen) atoms. The molecule has 2 nitrogen and oxygen atoms in total. The van der Waals surface area contributed by atoms with Gasteiger partial charge in [-0.3, -0.25) is 0 Å². The molecule has 94 valence electrons. The summed E-state index contributed by atoms with van der Waals surface area (Å²) in [6, 6.07) is 5.13. The Kier molecular flexibility index (Phi) is 2.79. The molecule has 5 heteroatoms. The fraction of sp³-hybridized carbons (Fsp3) is 0.308. The quantitative estimate of drug-likeness (QED) is 0.692. The van der Waals surface area contributed by atoms with E-state index in [9.17, 15) is 0 Å². The Morgan fingerprint density at radius 3 is 2.61 bits per heavy atom. The minimum atomic E-state index is -1.75. The van der Waals surface area contributed by atoms with E-state index < -0.39 is 5.28 Å². The molecule has 1 heterocycles. The third-order valence-electron chi connectivity index (χ3n) is 2.96. The molecule has 0 amide bonds. The molecule has 1 aliphatic rings. The molecule has 0 atom stereocenters. The molecule has 1 fully saturated rings. The van der Waals surface area contributed by atoms with E-state index in [1.165, 1.54) is 0 Å². The molecule has 1 aliphatic carbocycles. The first kappa shape index (κ1) is 10.3. The lowest BCUT2D eigenvalue weighted by Gasteiger charge is -2.05. The van der Waals surface area contributed by atoms with Crippen LogP contribution in [-0.2, 0) is 5.28 Å². The molecule has 0 radical (unpaired) electrons. The molecular weight excluding hydrogens is 337 g/mol. The molecule has 1 saturated carbocycles. The predicted molar refractivity (Wildman–Crippen MR) is 76.6 cm³/mol. The third kappa shape index (κ3) is 2.09. The molecule has 0 aliphatic heterocycles. The zero-order valence-corrected chi connectivity index (χ0v) is 12.3. The van der Waals surface area contributed by atoms with Gasteiger partial charge in [-0.25, -0.2) is 0 Å². The molecule has 0 bridgehead atoms. The van der Waals surface area contributed by atoms with Crippen molar-refractivity contribution >= 4 is 39.1 Å². The van der Waals surface area contributed by atoms with E-state index in [0.29, 0.717) is 32.6 Å². The number of benzene rings is 1. The SMILES string of the molecule is [2H]C([2H])(Br)c1c(-c2c(Cl)cccc2Cl)noc1C1CC1. The second-order valence-corrected chi connectivity index (χ2v) is 5.45. The highest BCUT2D eigenvalue weighted by atomic mass is 79.9. The van der Waals surface area contributed by atoms with Crippen molar-refractivity contribution in [3.8, 4) is 11.3 Å².